The van der Waals surface area contributed by atoms with Crippen molar-refractivity contribution in [3.63, 3.8) is 0 Å². The van der Waals surface area contributed by atoms with E-state index in [1.165, 1.54) is 6.42 Å². The van der Waals surface area contributed by atoms with Crippen LogP contribution in [0.4, 0.5) is 0 Å². The van der Waals surface area contributed by atoms with Gasteiger partial charge in [0.05, 0.1) is 26.2 Å². The van der Waals surface area contributed by atoms with Crippen molar-refractivity contribution in [1.82, 2.24) is 9.80 Å². The number of hydrogen-bond acceptors (Lipinski definition) is 5. The molecule has 2 heterocycles. The van der Waals surface area contributed by atoms with Crippen LogP contribution in [0.3, 0.4) is 0 Å². The van der Waals surface area contributed by atoms with Crippen LogP contribution in [-0.2, 0) is 4.79 Å². The highest BCUT2D eigenvalue weighted by molar-refractivity contribution is 7.10. The summed E-state index contributed by atoms with van der Waals surface area (Å²) >= 11 is 1.58. The molecule has 1 aliphatic carbocycles. The maximum absolute atomic E-state index is 14.0. The lowest BCUT2D eigenvalue weighted by Crippen LogP contribution is -2.48. The number of thiophene rings is 1. The summed E-state index contributed by atoms with van der Waals surface area (Å²) in [5.41, 5.74) is 1.22. The number of fused-ring (bicyclic) bond motifs is 1. The molecule has 4 rings (SSSR count). The van der Waals surface area contributed by atoms with Gasteiger partial charge in [-0.15, -0.1) is 11.3 Å². The lowest BCUT2D eigenvalue weighted by atomic mass is 9.80. The Balaban J connectivity index is 1.84. The molecular formula is C24H30N2O4S. The predicted octanol–water partition coefficient (Wildman–Crippen LogP) is 4.47. The van der Waals surface area contributed by atoms with E-state index in [0.717, 1.165) is 30.6 Å². The average Bonchev–Trinajstić information content (AvgIpc) is 3.34. The highest BCUT2D eigenvalue weighted by Crippen LogP contribution is 2.47. The Morgan fingerprint density at radius 2 is 1.81 bits per heavy atom. The molecule has 6 nitrogen and oxygen atoms in total. The van der Waals surface area contributed by atoms with Gasteiger partial charge in [0.2, 0.25) is 5.91 Å². The summed E-state index contributed by atoms with van der Waals surface area (Å²) in [5, 5.41) is 1.99. The highest BCUT2D eigenvalue weighted by Gasteiger charge is 2.45. The van der Waals surface area contributed by atoms with E-state index in [1.54, 1.807) is 43.6 Å². The third kappa shape index (κ3) is 3.80. The van der Waals surface area contributed by atoms with Crippen LogP contribution in [0, 0.1) is 0 Å². The zero-order valence-electron chi connectivity index (χ0n) is 18.6. The topological polar surface area (TPSA) is 59.1 Å². The van der Waals surface area contributed by atoms with Crippen molar-refractivity contribution >= 4 is 23.2 Å². The minimum absolute atomic E-state index is 0.0538. The van der Waals surface area contributed by atoms with E-state index in [-0.39, 0.29) is 23.9 Å². The number of amides is 2. The van der Waals surface area contributed by atoms with Gasteiger partial charge in [-0.1, -0.05) is 25.3 Å². The van der Waals surface area contributed by atoms with Crippen molar-refractivity contribution in [2.24, 2.45) is 0 Å². The molecule has 0 saturated heterocycles. The van der Waals surface area contributed by atoms with Gasteiger partial charge >= 0.3 is 0 Å². The van der Waals surface area contributed by atoms with E-state index in [0.29, 0.717) is 22.6 Å². The molecule has 2 aromatic rings. The predicted molar refractivity (Wildman–Crippen MR) is 121 cm³/mol. The van der Waals surface area contributed by atoms with Crippen LogP contribution in [0.1, 0.15) is 64.9 Å². The average molecular weight is 443 g/mol. The molecule has 0 radical (unpaired) electrons. The van der Waals surface area contributed by atoms with Crippen LogP contribution in [0.25, 0.3) is 0 Å². The van der Waals surface area contributed by atoms with Crippen molar-refractivity contribution in [2.75, 3.05) is 28.3 Å². The molecule has 1 saturated carbocycles. The number of nitrogens with zero attached hydrogens (tertiary/aromatic N) is 2. The van der Waals surface area contributed by atoms with Crippen LogP contribution in [0.2, 0.25) is 0 Å². The Hall–Kier alpha value is -2.54. The molecule has 1 aromatic carbocycles. The van der Waals surface area contributed by atoms with Crippen LogP contribution in [0.5, 0.6) is 11.5 Å². The third-order valence-electron chi connectivity index (χ3n) is 6.75. The van der Waals surface area contributed by atoms with Crippen molar-refractivity contribution < 1.29 is 19.1 Å². The first kappa shape index (κ1) is 21.7. The van der Waals surface area contributed by atoms with E-state index in [2.05, 4.69) is 0 Å². The molecule has 0 bridgehead atoms. The lowest BCUT2D eigenvalue weighted by molar-refractivity contribution is -0.135. The van der Waals surface area contributed by atoms with Crippen molar-refractivity contribution in [3.05, 3.63) is 45.6 Å². The number of carbonyl (C=O) groups excluding carboxylic acids is 2. The second kappa shape index (κ2) is 8.91. The number of hydrogen-bond donors (Lipinski definition) is 0. The third-order valence-corrected chi connectivity index (χ3v) is 7.69. The summed E-state index contributed by atoms with van der Waals surface area (Å²) in [4.78, 5) is 32.0. The van der Waals surface area contributed by atoms with Gasteiger partial charge in [-0.05, 0) is 42.0 Å². The molecule has 2 amide bonds. The van der Waals surface area contributed by atoms with Crippen molar-refractivity contribution in [1.29, 1.82) is 0 Å². The van der Waals surface area contributed by atoms with Crippen LogP contribution in [-0.4, -0.2) is 56.0 Å². The molecule has 0 unspecified atom stereocenters. The molecule has 7 heteroatoms. The van der Waals surface area contributed by atoms with E-state index in [9.17, 15) is 9.59 Å². The summed E-state index contributed by atoms with van der Waals surface area (Å²) in [6, 6.07) is 7.39. The van der Waals surface area contributed by atoms with Crippen LogP contribution < -0.4 is 9.47 Å². The SMILES string of the molecule is COc1cc2c(cc1OC)[C@@H](C(=O)N(C)C1CCCCC1)[C@H](c1cccs1)N(C)C2=O. The van der Waals surface area contributed by atoms with Gasteiger partial charge in [-0.3, -0.25) is 9.59 Å². The molecule has 1 aromatic heterocycles. The highest BCUT2D eigenvalue weighted by atomic mass is 32.1. The largest absolute Gasteiger partial charge is 0.493 e. The first-order chi connectivity index (χ1) is 15.0. The Morgan fingerprint density at radius 1 is 1.13 bits per heavy atom. The maximum atomic E-state index is 14.0. The monoisotopic (exact) mass is 442 g/mol. The zero-order valence-corrected chi connectivity index (χ0v) is 19.4. The number of carbonyl (C=O) groups is 2. The van der Waals surface area contributed by atoms with Gasteiger partial charge in [0.15, 0.2) is 11.5 Å². The molecule has 0 spiro atoms. The van der Waals surface area contributed by atoms with E-state index in [1.807, 2.05) is 35.5 Å². The van der Waals surface area contributed by atoms with Crippen LogP contribution >= 0.6 is 11.3 Å². The van der Waals surface area contributed by atoms with Gasteiger partial charge in [0, 0.05) is 30.6 Å². The van der Waals surface area contributed by atoms with Gasteiger partial charge in [0.1, 0.15) is 0 Å². The maximum Gasteiger partial charge on any atom is 0.254 e. The van der Waals surface area contributed by atoms with E-state index < -0.39 is 5.92 Å². The molecule has 31 heavy (non-hydrogen) atoms. The van der Waals surface area contributed by atoms with Gasteiger partial charge in [-0.2, -0.15) is 0 Å². The number of benzene rings is 1. The minimum atomic E-state index is -0.497. The molecule has 2 aliphatic rings. The fourth-order valence-corrected chi connectivity index (χ4v) is 5.90. The number of methoxy groups -OCH3 is 2. The summed E-state index contributed by atoms with van der Waals surface area (Å²) in [7, 11) is 6.83. The van der Waals surface area contributed by atoms with E-state index in [4.69, 9.17) is 9.47 Å². The van der Waals surface area contributed by atoms with E-state index >= 15 is 0 Å². The Morgan fingerprint density at radius 3 is 2.42 bits per heavy atom. The standard InChI is InChI=1S/C24H30N2O4S/c1-25(15-9-6-5-7-10-15)24(28)21-16-13-18(29-3)19(30-4)14-17(16)23(27)26(2)22(21)20-11-8-12-31-20/h8,11-15,21-22H,5-7,9-10H2,1-4H3/t21-,22+/m1/s1. The quantitative estimate of drug-likeness (QED) is 0.686. The fraction of sp³-hybridized carbons (Fsp3) is 0.500. The minimum Gasteiger partial charge on any atom is -0.493 e. The first-order valence-electron chi connectivity index (χ1n) is 10.8. The summed E-state index contributed by atoms with van der Waals surface area (Å²) < 4.78 is 11.0. The first-order valence-corrected chi connectivity index (χ1v) is 11.7. The van der Waals surface area contributed by atoms with Gasteiger partial charge < -0.3 is 19.3 Å². The van der Waals surface area contributed by atoms with Gasteiger partial charge in [0.25, 0.3) is 5.91 Å². The summed E-state index contributed by atoms with van der Waals surface area (Å²) in [6.07, 6.45) is 5.61. The molecule has 166 valence electrons. The lowest BCUT2D eigenvalue weighted by Gasteiger charge is -2.42. The summed E-state index contributed by atoms with van der Waals surface area (Å²) in [6.45, 7) is 0. The summed E-state index contributed by atoms with van der Waals surface area (Å²) in [5.74, 6) is 0.464. The number of rotatable bonds is 5. The fourth-order valence-electron chi connectivity index (χ4n) is 5.00. The normalized spacial score (nSPS) is 21.5. The van der Waals surface area contributed by atoms with Crippen molar-refractivity contribution in [3.8, 4) is 11.5 Å². The Labute approximate surface area is 187 Å². The van der Waals surface area contributed by atoms with Crippen molar-refractivity contribution in [2.45, 2.75) is 50.1 Å². The van der Waals surface area contributed by atoms with Crippen LogP contribution in [0.15, 0.2) is 29.6 Å². The van der Waals surface area contributed by atoms with Gasteiger partial charge in [-0.25, -0.2) is 0 Å². The molecular weight excluding hydrogens is 412 g/mol. The molecule has 1 fully saturated rings. The Bertz CT molecular complexity index is 953. The number of likely N-dealkylation sites (N-methyl/N-ethyl adjacent to an activating group) is 2. The molecule has 0 N–H and O–H groups in total. The smallest absolute Gasteiger partial charge is 0.254 e. The molecule has 2 atom stereocenters. The second-order valence-electron chi connectivity index (χ2n) is 8.39. The Kier molecular flexibility index (Phi) is 6.23. The second-order valence-corrected chi connectivity index (χ2v) is 9.37. The number of ether oxygens (including phenoxy) is 2. The molecule has 1 aliphatic heterocycles. The zero-order chi connectivity index (χ0) is 22.1.